The second-order valence-electron chi connectivity index (χ2n) is 5.48. The molecular weight excluding hydrogens is 268 g/mol. The van der Waals surface area contributed by atoms with Crippen LogP contribution in [0.4, 0.5) is 5.82 Å². The van der Waals surface area contributed by atoms with Crippen LogP contribution in [0.15, 0.2) is 29.1 Å². The van der Waals surface area contributed by atoms with Gasteiger partial charge in [0.15, 0.2) is 5.82 Å². The minimum Gasteiger partial charge on any atom is -0.394 e. The van der Waals surface area contributed by atoms with Crippen molar-refractivity contribution >= 4 is 27.6 Å². The molecule has 0 bridgehead atoms. The van der Waals surface area contributed by atoms with Gasteiger partial charge < -0.3 is 10.8 Å². The van der Waals surface area contributed by atoms with E-state index in [1.54, 1.807) is 9.25 Å². The molecule has 21 heavy (non-hydrogen) atoms. The van der Waals surface area contributed by atoms with Crippen molar-refractivity contribution in [2.75, 3.05) is 12.3 Å². The lowest BCUT2D eigenvalue weighted by Crippen LogP contribution is -2.22. The summed E-state index contributed by atoms with van der Waals surface area (Å²) in [6.45, 7) is 0.292. The molecule has 0 amide bonds. The third-order valence-corrected chi connectivity index (χ3v) is 4.05. The molecule has 4 rings (SSSR count). The van der Waals surface area contributed by atoms with Crippen molar-refractivity contribution in [1.29, 1.82) is 0 Å². The molecular formula is C15H16N4O2. The van der Waals surface area contributed by atoms with E-state index in [0.717, 1.165) is 29.3 Å². The first-order chi connectivity index (χ1) is 10.2. The van der Waals surface area contributed by atoms with Gasteiger partial charge in [-0.25, -0.2) is 4.68 Å². The second kappa shape index (κ2) is 4.33. The summed E-state index contributed by atoms with van der Waals surface area (Å²) in [5.41, 5.74) is 6.81. The van der Waals surface area contributed by atoms with Crippen molar-refractivity contribution in [2.45, 2.75) is 25.4 Å². The Balaban J connectivity index is 2.24. The molecule has 0 spiro atoms. The number of rotatable bonds is 3. The van der Waals surface area contributed by atoms with Crippen LogP contribution in [0, 0.1) is 0 Å². The summed E-state index contributed by atoms with van der Waals surface area (Å²) in [5.74, 6) is 0.407. The van der Waals surface area contributed by atoms with Crippen molar-refractivity contribution in [2.24, 2.45) is 0 Å². The van der Waals surface area contributed by atoms with Gasteiger partial charge in [-0.1, -0.05) is 18.2 Å². The number of hydrogen-bond acceptors (Lipinski definition) is 4. The lowest BCUT2D eigenvalue weighted by molar-refractivity contribution is 0.271. The molecule has 0 unspecified atom stereocenters. The van der Waals surface area contributed by atoms with Crippen molar-refractivity contribution in [3.05, 3.63) is 34.6 Å². The molecule has 3 N–H and O–H groups in total. The van der Waals surface area contributed by atoms with Gasteiger partial charge in [-0.15, -0.1) is 0 Å². The summed E-state index contributed by atoms with van der Waals surface area (Å²) >= 11 is 0. The van der Waals surface area contributed by atoms with E-state index in [2.05, 4.69) is 5.10 Å². The monoisotopic (exact) mass is 284 g/mol. The number of nitrogen functional groups attached to an aromatic ring is 1. The van der Waals surface area contributed by atoms with Crippen LogP contribution < -0.4 is 11.3 Å². The molecule has 6 heteroatoms. The largest absolute Gasteiger partial charge is 0.394 e. The van der Waals surface area contributed by atoms with Gasteiger partial charge in [-0.3, -0.25) is 9.36 Å². The van der Waals surface area contributed by atoms with Crippen LogP contribution in [0.2, 0.25) is 0 Å². The average Bonchev–Trinajstić information content (AvgIpc) is 3.26. The van der Waals surface area contributed by atoms with Crippen LogP contribution in [0.5, 0.6) is 0 Å². The van der Waals surface area contributed by atoms with E-state index in [1.165, 1.54) is 0 Å². The molecule has 0 radical (unpaired) electrons. The number of pyridine rings is 1. The number of aliphatic hydroxyl groups excluding tert-OH is 1. The van der Waals surface area contributed by atoms with Crippen LogP contribution in [0.1, 0.15) is 18.9 Å². The van der Waals surface area contributed by atoms with Crippen LogP contribution in [0.25, 0.3) is 21.8 Å². The first-order valence-electron chi connectivity index (χ1n) is 7.12. The highest BCUT2D eigenvalue weighted by molar-refractivity contribution is 6.09. The number of aromatic nitrogens is 3. The fourth-order valence-corrected chi connectivity index (χ4v) is 3.01. The smallest absolute Gasteiger partial charge is 0.260 e. The fourth-order valence-electron chi connectivity index (χ4n) is 3.01. The Hall–Kier alpha value is -2.34. The van der Waals surface area contributed by atoms with E-state index < -0.39 is 0 Å². The Morgan fingerprint density at radius 2 is 2.00 bits per heavy atom. The molecule has 0 atom stereocenters. The molecule has 0 saturated heterocycles. The summed E-state index contributed by atoms with van der Waals surface area (Å²) in [6.07, 6.45) is 2.00. The normalized spacial score (nSPS) is 15.1. The number of anilines is 1. The SMILES string of the molecule is Nc1nn(CCO)c2c1c1ccccc1c(=O)n2C1CC1. The predicted octanol–water partition coefficient (Wildman–Crippen LogP) is 1.26. The van der Waals surface area contributed by atoms with Crippen molar-refractivity contribution in [1.82, 2.24) is 14.3 Å². The minimum absolute atomic E-state index is 0.000287. The summed E-state index contributed by atoms with van der Waals surface area (Å²) in [7, 11) is 0. The molecule has 1 aliphatic rings. The van der Waals surface area contributed by atoms with Gasteiger partial charge in [0, 0.05) is 16.8 Å². The molecule has 6 nitrogen and oxygen atoms in total. The lowest BCUT2D eigenvalue weighted by atomic mass is 10.1. The molecule has 1 aliphatic carbocycles. The highest BCUT2D eigenvalue weighted by Crippen LogP contribution is 2.38. The molecule has 2 heterocycles. The maximum atomic E-state index is 12.8. The number of hydrogen-bond donors (Lipinski definition) is 2. The fraction of sp³-hybridized carbons (Fsp3) is 0.333. The Labute approximate surface area is 120 Å². The molecule has 2 aromatic heterocycles. The van der Waals surface area contributed by atoms with E-state index >= 15 is 0 Å². The van der Waals surface area contributed by atoms with Crippen LogP contribution in [0.3, 0.4) is 0 Å². The van der Waals surface area contributed by atoms with E-state index in [0.29, 0.717) is 17.7 Å². The van der Waals surface area contributed by atoms with Gasteiger partial charge >= 0.3 is 0 Å². The summed E-state index contributed by atoms with van der Waals surface area (Å²) in [5, 5.41) is 15.9. The highest BCUT2D eigenvalue weighted by atomic mass is 16.3. The van der Waals surface area contributed by atoms with Gasteiger partial charge in [0.05, 0.1) is 18.5 Å². The van der Waals surface area contributed by atoms with Gasteiger partial charge in [0.2, 0.25) is 0 Å². The van der Waals surface area contributed by atoms with Crippen LogP contribution >= 0.6 is 0 Å². The summed E-state index contributed by atoms with van der Waals surface area (Å²) in [6, 6.07) is 7.71. The number of nitrogens with zero attached hydrogens (tertiary/aromatic N) is 3. The Morgan fingerprint density at radius 3 is 2.67 bits per heavy atom. The summed E-state index contributed by atoms with van der Waals surface area (Å²) in [4.78, 5) is 12.8. The zero-order chi connectivity index (χ0) is 14.6. The minimum atomic E-state index is -0.0398. The van der Waals surface area contributed by atoms with Gasteiger partial charge in [-0.05, 0) is 18.9 Å². The number of benzene rings is 1. The van der Waals surface area contributed by atoms with E-state index in [4.69, 9.17) is 5.73 Å². The first kappa shape index (κ1) is 12.4. The zero-order valence-electron chi connectivity index (χ0n) is 11.5. The van der Waals surface area contributed by atoms with Crippen molar-refractivity contribution in [3.63, 3.8) is 0 Å². The highest BCUT2D eigenvalue weighted by Gasteiger charge is 2.29. The van der Waals surface area contributed by atoms with Gasteiger partial charge in [-0.2, -0.15) is 5.10 Å². The topological polar surface area (TPSA) is 86.1 Å². The molecule has 1 fully saturated rings. The van der Waals surface area contributed by atoms with E-state index in [1.807, 2.05) is 24.3 Å². The molecule has 1 aromatic carbocycles. The lowest BCUT2D eigenvalue weighted by Gasteiger charge is -2.11. The zero-order valence-corrected chi connectivity index (χ0v) is 11.5. The molecule has 3 aromatic rings. The maximum absolute atomic E-state index is 12.8. The predicted molar refractivity (Wildman–Crippen MR) is 81.3 cm³/mol. The average molecular weight is 284 g/mol. The Morgan fingerprint density at radius 1 is 1.29 bits per heavy atom. The van der Waals surface area contributed by atoms with Gasteiger partial charge in [0.1, 0.15) is 5.65 Å². The standard InChI is InChI=1S/C15H16N4O2/c16-13-12-10-3-1-2-4-11(10)15(21)19(9-5-6-9)14(12)18(17-13)7-8-20/h1-4,9,20H,5-8H2,(H2,16,17). The molecule has 108 valence electrons. The molecule has 1 saturated carbocycles. The number of aliphatic hydroxyl groups is 1. The Bertz CT molecular complexity index is 905. The third-order valence-electron chi connectivity index (χ3n) is 4.05. The molecule has 0 aliphatic heterocycles. The van der Waals surface area contributed by atoms with Crippen LogP contribution in [-0.4, -0.2) is 26.1 Å². The van der Waals surface area contributed by atoms with Gasteiger partial charge in [0.25, 0.3) is 5.56 Å². The maximum Gasteiger partial charge on any atom is 0.260 e. The number of fused-ring (bicyclic) bond motifs is 3. The first-order valence-corrected chi connectivity index (χ1v) is 7.12. The van der Waals surface area contributed by atoms with Crippen molar-refractivity contribution < 1.29 is 5.11 Å². The van der Waals surface area contributed by atoms with Crippen LogP contribution in [-0.2, 0) is 6.54 Å². The Kier molecular flexibility index (Phi) is 2.56. The van der Waals surface area contributed by atoms with E-state index in [9.17, 15) is 9.90 Å². The summed E-state index contributed by atoms with van der Waals surface area (Å²) < 4.78 is 3.45. The van der Waals surface area contributed by atoms with E-state index in [-0.39, 0.29) is 18.2 Å². The quantitative estimate of drug-likeness (QED) is 0.758. The van der Waals surface area contributed by atoms with Crippen molar-refractivity contribution in [3.8, 4) is 0 Å². The second-order valence-corrected chi connectivity index (χ2v) is 5.48. The third kappa shape index (κ3) is 1.69. The number of nitrogens with two attached hydrogens (primary N) is 1.